The summed E-state index contributed by atoms with van der Waals surface area (Å²) in [5.74, 6) is 0.761. The number of fused-ring (bicyclic) bond motifs is 1. The van der Waals surface area contributed by atoms with Gasteiger partial charge in [0, 0.05) is 29.5 Å². The molecule has 3 aromatic heterocycles. The van der Waals surface area contributed by atoms with Gasteiger partial charge in [0.25, 0.3) is 0 Å². The van der Waals surface area contributed by atoms with Crippen molar-refractivity contribution >= 4 is 11.0 Å². The monoisotopic (exact) mass is 225 g/mol. The largest absolute Gasteiger partial charge is 0.494 e. The van der Waals surface area contributed by atoms with Crippen LogP contribution < -0.4 is 4.74 Å². The second kappa shape index (κ2) is 3.90. The molecule has 3 aromatic rings. The second-order valence-electron chi connectivity index (χ2n) is 3.66. The Labute approximate surface area is 98.3 Å². The SMILES string of the molecule is COc1cccnc1-c1c[nH]c2ncccc12. The minimum absolute atomic E-state index is 0.761. The summed E-state index contributed by atoms with van der Waals surface area (Å²) in [6, 6.07) is 7.68. The molecule has 1 N–H and O–H groups in total. The standard InChI is InChI=1S/C13H11N3O/c1-17-11-5-3-6-14-12(11)10-8-16-13-9(10)4-2-7-15-13/h2-8H,1H3,(H,15,16). The van der Waals surface area contributed by atoms with Gasteiger partial charge < -0.3 is 9.72 Å². The van der Waals surface area contributed by atoms with Gasteiger partial charge in [0.05, 0.1) is 7.11 Å². The molecule has 3 heterocycles. The number of methoxy groups -OCH3 is 1. The number of hydrogen-bond donors (Lipinski definition) is 1. The Morgan fingerprint density at radius 2 is 1.94 bits per heavy atom. The lowest BCUT2D eigenvalue weighted by molar-refractivity contribution is 0.415. The van der Waals surface area contributed by atoms with E-state index in [0.717, 1.165) is 28.0 Å². The third-order valence-electron chi connectivity index (χ3n) is 2.70. The second-order valence-corrected chi connectivity index (χ2v) is 3.66. The van der Waals surface area contributed by atoms with Gasteiger partial charge in [-0.15, -0.1) is 0 Å². The van der Waals surface area contributed by atoms with Crippen LogP contribution in [0.4, 0.5) is 0 Å². The van der Waals surface area contributed by atoms with Crippen molar-refractivity contribution in [3.63, 3.8) is 0 Å². The molecule has 0 unspecified atom stereocenters. The summed E-state index contributed by atoms with van der Waals surface area (Å²) in [7, 11) is 1.65. The Kier molecular flexibility index (Phi) is 2.26. The minimum atomic E-state index is 0.761. The number of H-pyrrole nitrogens is 1. The molecule has 0 aromatic carbocycles. The van der Waals surface area contributed by atoms with Crippen LogP contribution in [0.5, 0.6) is 5.75 Å². The first-order valence-electron chi connectivity index (χ1n) is 5.31. The number of pyridine rings is 2. The molecule has 0 saturated carbocycles. The quantitative estimate of drug-likeness (QED) is 0.729. The zero-order valence-corrected chi connectivity index (χ0v) is 9.34. The third kappa shape index (κ3) is 1.54. The molecule has 0 aliphatic carbocycles. The smallest absolute Gasteiger partial charge is 0.145 e. The maximum atomic E-state index is 5.32. The van der Waals surface area contributed by atoms with Crippen molar-refractivity contribution in [2.24, 2.45) is 0 Å². The fourth-order valence-electron chi connectivity index (χ4n) is 1.91. The first-order valence-corrected chi connectivity index (χ1v) is 5.31. The Morgan fingerprint density at radius 3 is 2.82 bits per heavy atom. The molecule has 0 amide bonds. The topological polar surface area (TPSA) is 50.8 Å². The predicted molar refractivity (Wildman–Crippen MR) is 65.9 cm³/mol. The number of nitrogens with zero attached hydrogens (tertiary/aromatic N) is 2. The highest BCUT2D eigenvalue weighted by Gasteiger charge is 2.11. The average molecular weight is 225 g/mol. The number of ether oxygens (including phenoxy) is 1. The minimum Gasteiger partial charge on any atom is -0.494 e. The van der Waals surface area contributed by atoms with Crippen LogP contribution in [0, 0.1) is 0 Å². The van der Waals surface area contributed by atoms with Gasteiger partial charge in [-0.05, 0) is 24.3 Å². The van der Waals surface area contributed by atoms with E-state index < -0.39 is 0 Å². The molecule has 0 bridgehead atoms. The third-order valence-corrected chi connectivity index (χ3v) is 2.70. The average Bonchev–Trinajstić information content (AvgIpc) is 2.82. The summed E-state index contributed by atoms with van der Waals surface area (Å²) in [6.07, 6.45) is 5.42. The zero-order chi connectivity index (χ0) is 11.7. The molecule has 4 heteroatoms. The van der Waals surface area contributed by atoms with E-state index in [4.69, 9.17) is 4.74 Å². The van der Waals surface area contributed by atoms with Crippen molar-refractivity contribution in [1.82, 2.24) is 15.0 Å². The summed E-state index contributed by atoms with van der Waals surface area (Å²) in [4.78, 5) is 11.8. The van der Waals surface area contributed by atoms with Crippen LogP contribution in [-0.2, 0) is 0 Å². The molecule has 4 nitrogen and oxygen atoms in total. The summed E-state index contributed by atoms with van der Waals surface area (Å²) in [6.45, 7) is 0. The van der Waals surface area contributed by atoms with E-state index >= 15 is 0 Å². The molecule has 0 aliphatic rings. The van der Waals surface area contributed by atoms with Crippen molar-refractivity contribution < 1.29 is 4.74 Å². The molecule has 0 atom stereocenters. The van der Waals surface area contributed by atoms with Crippen molar-refractivity contribution in [1.29, 1.82) is 0 Å². The number of nitrogens with one attached hydrogen (secondary N) is 1. The Morgan fingerprint density at radius 1 is 1.12 bits per heavy atom. The lowest BCUT2D eigenvalue weighted by atomic mass is 10.1. The first-order chi connectivity index (χ1) is 8.40. The fourth-order valence-corrected chi connectivity index (χ4v) is 1.91. The molecule has 0 spiro atoms. The Hall–Kier alpha value is -2.36. The van der Waals surface area contributed by atoms with Gasteiger partial charge in [0.1, 0.15) is 17.1 Å². The van der Waals surface area contributed by atoms with Crippen LogP contribution in [0.1, 0.15) is 0 Å². The Bertz CT molecular complexity index is 660. The molecule has 3 rings (SSSR count). The van der Waals surface area contributed by atoms with Crippen LogP contribution in [0.25, 0.3) is 22.3 Å². The summed E-state index contributed by atoms with van der Waals surface area (Å²) in [5.41, 5.74) is 2.69. The number of aromatic nitrogens is 3. The van der Waals surface area contributed by atoms with E-state index in [9.17, 15) is 0 Å². The number of aromatic amines is 1. The fraction of sp³-hybridized carbons (Fsp3) is 0.0769. The van der Waals surface area contributed by atoms with Crippen molar-refractivity contribution in [3.05, 3.63) is 42.9 Å². The van der Waals surface area contributed by atoms with Gasteiger partial charge in [-0.3, -0.25) is 4.98 Å². The molecular formula is C13H11N3O. The number of hydrogen-bond acceptors (Lipinski definition) is 3. The van der Waals surface area contributed by atoms with Crippen LogP contribution in [0.3, 0.4) is 0 Å². The van der Waals surface area contributed by atoms with E-state index in [1.54, 1.807) is 19.5 Å². The molecule has 0 aliphatic heterocycles. The van der Waals surface area contributed by atoms with Crippen LogP contribution in [0.15, 0.2) is 42.9 Å². The normalized spacial score (nSPS) is 10.6. The van der Waals surface area contributed by atoms with Gasteiger partial charge >= 0.3 is 0 Å². The summed E-state index contributed by atoms with van der Waals surface area (Å²) < 4.78 is 5.32. The van der Waals surface area contributed by atoms with Gasteiger partial charge in [-0.1, -0.05) is 0 Å². The highest BCUT2D eigenvalue weighted by Crippen LogP contribution is 2.32. The lowest BCUT2D eigenvalue weighted by Gasteiger charge is -2.05. The van der Waals surface area contributed by atoms with E-state index in [1.165, 1.54) is 0 Å². The predicted octanol–water partition coefficient (Wildman–Crippen LogP) is 2.63. The van der Waals surface area contributed by atoms with E-state index in [2.05, 4.69) is 15.0 Å². The number of rotatable bonds is 2. The molecule has 0 saturated heterocycles. The van der Waals surface area contributed by atoms with Crippen molar-refractivity contribution in [3.8, 4) is 17.0 Å². The summed E-state index contributed by atoms with van der Waals surface area (Å²) in [5, 5.41) is 1.05. The van der Waals surface area contributed by atoms with Crippen molar-refractivity contribution in [2.45, 2.75) is 0 Å². The highest BCUT2D eigenvalue weighted by atomic mass is 16.5. The van der Waals surface area contributed by atoms with Crippen LogP contribution in [0.2, 0.25) is 0 Å². The van der Waals surface area contributed by atoms with Crippen molar-refractivity contribution in [2.75, 3.05) is 7.11 Å². The van der Waals surface area contributed by atoms with E-state index in [-0.39, 0.29) is 0 Å². The summed E-state index contributed by atoms with van der Waals surface area (Å²) >= 11 is 0. The van der Waals surface area contributed by atoms with Gasteiger partial charge in [0.2, 0.25) is 0 Å². The molecule has 84 valence electrons. The lowest BCUT2D eigenvalue weighted by Crippen LogP contribution is -1.89. The van der Waals surface area contributed by atoms with Gasteiger partial charge in [-0.25, -0.2) is 4.98 Å². The van der Waals surface area contributed by atoms with Gasteiger partial charge in [-0.2, -0.15) is 0 Å². The molecule has 0 radical (unpaired) electrons. The van der Waals surface area contributed by atoms with E-state index in [0.29, 0.717) is 0 Å². The molecular weight excluding hydrogens is 214 g/mol. The van der Waals surface area contributed by atoms with Gasteiger partial charge in [0.15, 0.2) is 0 Å². The molecule has 17 heavy (non-hydrogen) atoms. The van der Waals surface area contributed by atoms with E-state index in [1.807, 2.05) is 30.5 Å². The maximum absolute atomic E-state index is 5.32. The van der Waals surface area contributed by atoms with Crippen LogP contribution in [-0.4, -0.2) is 22.1 Å². The highest BCUT2D eigenvalue weighted by molar-refractivity contribution is 5.93. The first kappa shape index (κ1) is 9.84. The Balaban J connectivity index is 2.27. The molecule has 0 fully saturated rings. The van der Waals surface area contributed by atoms with Crippen LogP contribution >= 0.6 is 0 Å². The maximum Gasteiger partial charge on any atom is 0.145 e. The zero-order valence-electron chi connectivity index (χ0n) is 9.34.